The number of hydrogen-bond donors (Lipinski definition) is 2. The Morgan fingerprint density at radius 2 is 1.60 bits per heavy atom. The summed E-state index contributed by atoms with van der Waals surface area (Å²) in [7, 11) is 0. The van der Waals surface area contributed by atoms with Gasteiger partial charge in [0.1, 0.15) is 5.75 Å². The fraction of sp³-hybridized carbons (Fsp3) is 0.200. The van der Waals surface area contributed by atoms with Gasteiger partial charge in [-0.3, -0.25) is 9.59 Å². The third kappa shape index (κ3) is 6.21. The molecule has 2 N–H and O–H groups in total. The van der Waals surface area contributed by atoms with Gasteiger partial charge in [0.15, 0.2) is 6.61 Å². The lowest BCUT2D eigenvalue weighted by Crippen LogP contribution is -2.25. The van der Waals surface area contributed by atoms with Crippen LogP contribution in [0.5, 0.6) is 5.75 Å². The van der Waals surface area contributed by atoms with Crippen LogP contribution in [-0.4, -0.2) is 25.0 Å². The van der Waals surface area contributed by atoms with E-state index in [1.165, 1.54) is 0 Å². The van der Waals surface area contributed by atoms with Crippen molar-refractivity contribution in [2.24, 2.45) is 0 Å². The second kappa shape index (κ2) is 10.8. The summed E-state index contributed by atoms with van der Waals surface area (Å²) >= 11 is 0. The second-order valence-electron chi connectivity index (χ2n) is 6.92. The van der Waals surface area contributed by atoms with Crippen LogP contribution in [0.2, 0.25) is 0 Å². The molecule has 0 aliphatic rings. The van der Waals surface area contributed by atoms with Gasteiger partial charge >= 0.3 is 0 Å². The summed E-state index contributed by atoms with van der Waals surface area (Å²) in [6.07, 6.45) is 1.96. The minimum absolute atomic E-state index is 0.113. The van der Waals surface area contributed by atoms with Crippen LogP contribution >= 0.6 is 0 Å². The molecule has 0 spiro atoms. The van der Waals surface area contributed by atoms with Crippen LogP contribution in [0.15, 0.2) is 78.9 Å². The highest BCUT2D eigenvalue weighted by atomic mass is 16.5. The van der Waals surface area contributed by atoms with Crippen LogP contribution in [0.25, 0.3) is 11.1 Å². The standard InChI is InChI=1S/C25H26N2O3/c1-2-3-16-26-25(29)21-10-7-11-22(17-21)27-24(28)18-30-23-14-12-20(13-15-23)19-8-5-4-6-9-19/h4-15,17H,2-3,16,18H2,1H3,(H,26,29)(H,27,28). The van der Waals surface area contributed by atoms with E-state index >= 15 is 0 Å². The highest BCUT2D eigenvalue weighted by molar-refractivity contribution is 5.97. The number of hydrogen-bond acceptors (Lipinski definition) is 3. The highest BCUT2D eigenvalue weighted by Crippen LogP contribution is 2.22. The van der Waals surface area contributed by atoms with Crippen LogP contribution in [0.1, 0.15) is 30.1 Å². The number of carbonyl (C=O) groups is 2. The van der Waals surface area contributed by atoms with Gasteiger partial charge in [0.25, 0.3) is 11.8 Å². The van der Waals surface area contributed by atoms with Gasteiger partial charge in [-0.25, -0.2) is 0 Å². The van der Waals surface area contributed by atoms with E-state index in [4.69, 9.17) is 4.74 Å². The quantitative estimate of drug-likeness (QED) is 0.500. The van der Waals surface area contributed by atoms with Crippen LogP contribution < -0.4 is 15.4 Å². The summed E-state index contributed by atoms with van der Waals surface area (Å²) in [5, 5.41) is 5.64. The Balaban J connectivity index is 1.51. The summed E-state index contributed by atoms with van der Waals surface area (Å²) in [5.74, 6) is 0.189. The largest absolute Gasteiger partial charge is 0.484 e. The molecule has 0 bridgehead atoms. The maximum Gasteiger partial charge on any atom is 0.262 e. The van der Waals surface area contributed by atoms with E-state index in [2.05, 4.69) is 17.6 Å². The first-order chi connectivity index (χ1) is 14.7. The molecule has 0 atom stereocenters. The summed E-state index contributed by atoms with van der Waals surface area (Å²) in [5.41, 5.74) is 3.29. The maximum absolute atomic E-state index is 12.2. The molecule has 3 aromatic carbocycles. The molecule has 5 nitrogen and oxygen atoms in total. The van der Waals surface area contributed by atoms with Crippen LogP contribution in [0, 0.1) is 0 Å². The van der Waals surface area contributed by atoms with Gasteiger partial charge in [0.05, 0.1) is 0 Å². The molecule has 0 radical (unpaired) electrons. The van der Waals surface area contributed by atoms with Crippen molar-refractivity contribution in [2.75, 3.05) is 18.5 Å². The molecule has 154 valence electrons. The Morgan fingerprint density at radius 1 is 0.867 bits per heavy atom. The Morgan fingerprint density at radius 3 is 2.33 bits per heavy atom. The van der Waals surface area contributed by atoms with E-state index in [-0.39, 0.29) is 18.4 Å². The van der Waals surface area contributed by atoms with Crippen LogP contribution in [-0.2, 0) is 4.79 Å². The maximum atomic E-state index is 12.2. The molecule has 0 saturated carbocycles. The molecule has 30 heavy (non-hydrogen) atoms. The topological polar surface area (TPSA) is 67.4 Å². The molecule has 2 amide bonds. The van der Waals surface area contributed by atoms with Crippen molar-refractivity contribution < 1.29 is 14.3 Å². The van der Waals surface area contributed by atoms with E-state index < -0.39 is 0 Å². The normalized spacial score (nSPS) is 10.3. The zero-order valence-electron chi connectivity index (χ0n) is 17.1. The zero-order valence-corrected chi connectivity index (χ0v) is 17.1. The Hall–Kier alpha value is -3.60. The highest BCUT2D eigenvalue weighted by Gasteiger charge is 2.08. The number of ether oxygens (including phenoxy) is 1. The number of nitrogens with one attached hydrogen (secondary N) is 2. The predicted molar refractivity (Wildman–Crippen MR) is 120 cm³/mol. The predicted octanol–water partition coefficient (Wildman–Crippen LogP) is 4.90. The Labute approximate surface area is 177 Å². The number of amides is 2. The minimum atomic E-state index is -0.286. The van der Waals surface area contributed by atoms with Crippen molar-refractivity contribution in [3.8, 4) is 16.9 Å². The molecule has 0 fully saturated rings. The average molecular weight is 402 g/mol. The molecule has 3 rings (SSSR count). The number of carbonyl (C=O) groups excluding carboxylic acids is 2. The first-order valence-electron chi connectivity index (χ1n) is 10.1. The number of rotatable bonds is 9. The van der Waals surface area contributed by atoms with Gasteiger partial charge in [-0.15, -0.1) is 0 Å². The number of unbranched alkanes of at least 4 members (excludes halogenated alkanes) is 1. The molecule has 0 unspecified atom stereocenters. The van der Waals surface area contributed by atoms with E-state index in [0.717, 1.165) is 24.0 Å². The summed E-state index contributed by atoms with van der Waals surface area (Å²) in [6, 6.07) is 24.5. The van der Waals surface area contributed by atoms with Gasteiger partial charge in [0, 0.05) is 17.8 Å². The third-order valence-electron chi connectivity index (χ3n) is 4.56. The van der Waals surface area contributed by atoms with E-state index in [9.17, 15) is 9.59 Å². The van der Waals surface area contributed by atoms with Gasteiger partial charge in [0.2, 0.25) is 0 Å². The fourth-order valence-electron chi connectivity index (χ4n) is 2.94. The second-order valence-corrected chi connectivity index (χ2v) is 6.92. The van der Waals surface area contributed by atoms with Crippen molar-refractivity contribution in [2.45, 2.75) is 19.8 Å². The van der Waals surface area contributed by atoms with Crippen LogP contribution in [0.4, 0.5) is 5.69 Å². The van der Waals surface area contributed by atoms with Gasteiger partial charge < -0.3 is 15.4 Å². The Bertz CT molecular complexity index is 969. The van der Waals surface area contributed by atoms with Gasteiger partial charge in [-0.2, -0.15) is 0 Å². The lowest BCUT2D eigenvalue weighted by molar-refractivity contribution is -0.118. The Kier molecular flexibility index (Phi) is 7.61. The third-order valence-corrected chi connectivity index (χ3v) is 4.56. The lowest BCUT2D eigenvalue weighted by atomic mass is 10.1. The molecule has 5 heteroatoms. The van der Waals surface area contributed by atoms with Crippen molar-refractivity contribution >= 4 is 17.5 Å². The van der Waals surface area contributed by atoms with E-state index in [1.807, 2.05) is 54.6 Å². The minimum Gasteiger partial charge on any atom is -0.484 e. The molecular weight excluding hydrogens is 376 g/mol. The van der Waals surface area contributed by atoms with E-state index in [1.54, 1.807) is 24.3 Å². The molecule has 0 heterocycles. The SMILES string of the molecule is CCCCNC(=O)c1cccc(NC(=O)COc2ccc(-c3ccccc3)cc2)c1. The monoisotopic (exact) mass is 402 g/mol. The van der Waals surface area contributed by atoms with Gasteiger partial charge in [-0.05, 0) is 47.9 Å². The first kappa shape index (κ1) is 21.1. The number of anilines is 1. The molecular formula is C25H26N2O3. The van der Waals surface area contributed by atoms with Crippen molar-refractivity contribution in [1.29, 1.82) is 0 Å². The number of benzene rings is 3. The van der Waals surface area contributed by atoms with Crippen molar-refractivity contribution in [3.63, 3.8) is 0 Å². The average Bonchev–Trinajstić information content (AvgIpc) is 2.79. The molecule has 3 aromatic rings. The molecule has 0 saturated heterocycles. The van der Waals surface area contributed by atoms with Crippen LogP contribution in [0.3, 0.4) is 0 Å². The van der Waals surface area contributed by atoms with Gasteiger partial charge in [-0.1, -0.05) is 61.9 Å². The summed E-state index contributed by atoms with van der Waals surface area (Å²) in [6.45, 7) is 2.60. The van der Waals surface area contributed by atoms with Crippen molar-refractivity contribution in [3.05, 3.63) is 84.4 Å². The molecule has 0 aliphatic heterocycles. The fourth-order valence-corrected chi connectivity index (χ4v) is 2.94. The smallest absolute Gasteiger partial charge is 0.262 e. The zero-order chi connectivity index (χ0) is 21.2. The molecule has 0 aromatic heterocycles. The van der Waals surface area contributed by atoms with Crippen molar-refractivity contribution in [1.82, 2.24) is 5.32 Å². The first-order valence-corrected chi connectivity index (χ1v) is 10.1. The van der Waals surface area contributed by atoms with E-state index in [0.29, 0.717) is 23.5 Å². The molecule has 0 aliphatic carbocycles. The summed E-state index contributed by atoms with van der Waals surface area (Å²) < 4.78 is 5.58. The lowest BCUT2D eigenvalue weighted by Gasteiger charge is -2.10. The summed E-state index contributed by atoms with van der Waals surface area (Å²) in [4.78, 5) is 24.4.